The zero-order valence-electron chi connectivity index (χ0n) is 12.0. The molecule has 120 valence electrons. The molecule has 0 bridgehead atoms. The standard InChI is InChI=1S/C8H8O3.C6H15NO3/c9-7-5-3-1-2-4-6(5)8(10)11-7;8-4-1-7(2-5-9)3-6-10/h1-2,5-6H,3-4H2;8-10H,1-6H2. The minimum atomic E-state index is -0.343. The number of aliphatic hydroxyl groups is 3. The van der Waals surface area contributed by atoms with Crippen LogP contribution in [0.1, 0.15) is 12.8 Å². The van der Waals surface area contributed by atoms with Gasteiger partial charge in [-0.1, -0.05) is 12.2 Å². The number of hydrogen-bond acceptors (Lipinski definition) is 7. The van der Waals surface area contributed by atoms with Crippen molar-refractivity contribution >= 4 is 11.9 Å². The first-order valence-corrected chi connectivity index (χ1v) is 7.09. The molecule has 2 aliphatic rings. The molecule has 21 heavy (non-hydrogen) atoms. The number of cyclic esters (lactones) is 2. The quantitative estimate of drug-likeness (QED) is 0.325. The Bertz CT molecular complexity index is 332. The summed E-state index contributed by atoms with van der Waals surface area (Å²) in [4.78, 5) is 23.7. The summed E-state index contributed by atoms with van der Waals surface area (Å²) in [5.41, 5.74) is 0. The van der Waals surface area contributed by atoms with Gasteiger partial charge in [0.2, 0.25) is 0 Å². The number of aliphatic hydroxyl groups excluding tert-OH is 3. The molecular formula is C14H23NO6. The van der Waals surface area contributed by atoms with Crippen molar-refractivity contribution < 1.29 is 29.6 Å². The first-order chi connectivity index (χ1) is 10.1. The van der Waals surface area contributed by atoms with E-state index in [2.05, 4.69) is 4.74 Å². The molecule has 1 fully saturated rings. The van der Waals surface area contributed by atoms with Crippen molar-refractivity contribution in [2.75, 3.05) is 39.5 Å². The number of rotatable bonds is 6. The van der Waals surface area contributed by atoms with Gasteiger partial charge >= 0.3 is 11.9 Å². The number of ether oxygens (including phenoxy) is 1. The number of allylic oxidation sites excluding steroid dienone is 2. The number of carbonyl (C=O) groups is 2. The highest BCUT2D eigenvalue weighted by Crippen LogP contribution is 2.32. The molecule has 0 aromatic heterocycles. The Morgan fingerprint density at radius 2 is 1.29 bits per heavy atom. The molecule has 0 saturated carbocycles. The highest BCUT2D eigenvalue weighted by atomic mass is 16.6. The first-order valence-electron chi connectivity index (χ1n) is 7.09. The van der Waals surface area contributed by atoms with Gasteiger partial charge in [-0.2, -0.15) is 0 Å². The molecule has 2 unspecified atom stereocenters. The molecule has 1 aliphatic carbocycles. The molecule has 7 heteroatoms. The van der Waals surface area contributed by atoms with Crippen LogP contribution in [0.5, 0.6) is 0 Å². The van der Waals surface area contributed by atoms with Crippen LogP contribution in [0.4, 0.5) is 0 Å². The molecule has 7 nitrogen and oxygen atoms in total. The average Bonchev–Trinajstić information content (AvgIpc) is 2.76. The summed E-state index contributed by atoms with van der Waals surface area (Å²) in [5.74, 6) is -1.06. The van der Waals surface area contributed by atoms with E-state index in [1.54, 1.807) is 4.90 Å². The van der Waals surface area contributed by atoms with Crippen molar-refractivity contribution in [1.29, 1.82) is 0 Å². The topological polar surface area (TPSA) is 107 Å². The molecule has 1 aliphatic heterocycles. The molecule has 0 aromatic carbocycles. The number of esters is 2. The fraction of sp³-hybridized carbons (Fsp3) is 0.714. The van der Waals surface area contributed by atoms with Crippen LogP contribution in [0.2, 0.25) is 0 Å². The predicted molar refractivity (Wildman–Crippen MR) is 74.2 cm³/mol. The van der Waals surface area contributed by atoms with Crippen LogP contribution in [-0.2, 0) is 14.3 Å². The van der Waals surface area contributed by atoms with E-state index in [0.717, 1.165) is 0 Å². The molecule has 0 aromatic rings. The van der Waals surface area contributed by atoms with E-state index in [-0.39, 0.29) is 43.6 Å². The Hall–Kier alpha value is -1.28. The van der Waals surface area contributed by atoms with E-state index >= 15 is 0 Å². The van der Waals surface area contributed by atoms with Gasteiger partial charge in [-0.15, -0.1) is 0 Å². The third kappa shape index (κ3) is 5.55. The Labute approximate surface area is 123 Å². The van der Waals surface area contributed by atoms with E-state index in [1.165, 1.54) is 0 Å². The summed E-state index contributed by atoms with van der Waals surface area (Å²) >= 11 is 0. The number of hydrogen-bond donors (Lipinski definition) is 3. The number of fused-ring (bicyclic) bond motifs is 1. The van der Waals surface area contributed by atoms with E-state index in [9.17, 15) is 9.59 Å². The third-order valence-corrected chi connectivity index (χ3v) is 3.49. The van der Waals surface area contributed by atoms with Crippen LogP contribution in [0, 0.1) is 11.8 Å². The van der Waals surface area contributed by atoms with Gasteiger partial charge in [-0.05, 0) is 12.8 Å². The lowest BCUT2D eigenvalue weighted by Crippen LogP contribution is -2.32. The lowest BCUT2D eigenvalue weighted by atomic mass is 9.85. The summed E-state index contributed by atoms with van der Waals surface area (Å²) in [6.07, 6.45) is 5.19. The Morgan fingerprint density at radius 1 is 0.905 bits per heavy atom. The van der Waals surface area contributed by atoms with Crippen molar-refractivity contribution in [2.24, 2.45) is 11.8 Å². The van der Waals surface area contributed by atoms with Gasteiger partial charge in [0.05, 0.1) is 31.7 Å². The summed E-state index contributed by atoms with van der Waals surface area (Å²) in [6.45, 7) is 1.75. The van der Waals surface area contributed by atoms with Crippen LogP contribution in [-0.4, -0.2) is 71.6 Å². The summed E-state index contributed by atoms with van der Waals surface area (Å²) < 4.78 is 4.49. The number of nitrogens with zero attached hydrogens (tertiary/aromatic N) is 1. The zero-order valence-corrected chi connectivity index (χ0v) is 12.0. The van der Waals surface area contributed by atoms with Crippen LogP contribution in [0.3, 0.4) is 0 Å². The molecule has 0 spiro atoms. The van der Waals surface area contributed by atoms with Crippen molar-refractivity contribution in [3.63, 3.8) is 0 Å². The number of carbonyl (C=O) groups excluding carboxylic acids is 2. The second-order valence-corrected chi connectivity index (χ2v) is 4.91. The van der Waals surface area contributed by atoms with Gasteiger partial charge in [0.1, 0.15) is 0 Å². The maximum Gasteiger partial charge on any atom is 0.317 e. The van der Waals surface area contributed by atoms with Gasteiger partial charge in [-0.25, -0.2) is 0 Å². The van der Waals surface area contributed by atoms with Gasteiger partial charge in [0.25, 0.3) is 0 Å². The van der Waals surface area contributed by atoms with Gasteiger partial charge in [-0.3, -0.25) is 14.5 Å². The summed E-state index contributed by atoms with van der Waals surface area (Å²) in [5, 5.41) is 25.5. The lowest BCUT2D eigenvalue weighted by Gasteiger charge is -2.17. The van der Waals surface area contributed by atoms with E-state index in [4.69, 9.17) is 15.3 Å². The second kappa shape index (κ2) is 9.62. The molecule has 0 amide bonds. The molecule has 2 rings (SSSR count). The second-order valence-electron chi connectivity index (χ2n) is 4.91. The fourth-order valence-electron chi connectivity index (χ4n) is 2.35. The monoisotopic (exact) mass is 301 g/mol. The Kier molecular flexibility index (Phi) is 8.14. The normalized spacial score (nSPS) is 23.6. The first kappa shape index (κ1) is 17.8. The predicted octanol–water partition coefficient (Wildman–Crippen LogP) is -1.08. The van der Waals surface area contributed by atoms with Crippen LogP contribution >= 0.6 is 0 Å². The maximum absolute atomic E-state index is 10.9. The molecule has 1 saturated heterocycles. The molecule has 1 heterocycles. The zero-order chi connectivity index (χ0) is 15.7. The van der Waals surface area contributed by atoms with Crippen LogP contribution in [0.15, 0.2) is 12.2 Å². The van der Waals surface area contributed by atoms with Crippen molar-refractivity contribution in [1.82, 2.24) is 4.90 Å². The third-order valence-electron chi connectivity index (χ3n) is 3.49. The Morgan fingerprint density at radius 3 is 1.62 bits per heavy atom. The molecule has 2 atom stereocenters. The average molecular weight is 301 g/mol. The van der Waals surface area contributed by atoms with Gasteiger partial charge in [0, 0.05) is 19.6 Å². The molecular weight excluding hydrogens is 278 g/mol. The minimum Gasteiger partial charge on any atom is -0.395 e. The largest absolute Gasteiger partial charge is 0.395 e. The highest BCUT2D eigenvalue weighted by Gasteiger charge is 2.43. The smallest absolute Gasteiger partial charge is 0.317 e. The highest BCUT2D eigenvalue weighted by molar-refractivity contribution is 5.96. The van der Waals surface area contributed by atoms with Crippen LogP contribution in [0.25, 0.3) is 0 Å². The Balaban J connectivity index is 0.000000212. The maximum atomic E-state index is 10.9. The fourth-order valence-corrected chi connectivity index (χ4v) is 2.35. The lowest BCUT2D eigenvalue weighted by molar-refractivity contribution is -0.153. The molecule has 0 radical (unpaired) electrons. The summed E-state index contributed by atoms with van der Waals surface area (Å²) in [6, 6.07) is 0. The summed E-state index contributed by atoms with van der Waals surface area (Å²) in [7, 11) is 0. The van der Waals surface area contributed by atoms with Gasteiger partial charge < -0.3 is 20.1 Å². The molecule has 3 N–H and O–H groups in total. The van der Waals surface area contributed by atoms with E-state index < -0.39 is 0 Å². The van der Waals surface area contributed by atoms with Crippen LogP contribution < -0.4 is 0 Å². The van der Waals surface area contributed by atoms with Crippen molar-refractivity contribution in [3.8, 4) is 0 Å². The SMILES string of the molecule is O=C1OC(=O)C2CC=CCC12.OCCN(CCO)CCO. The van der Waals surface area contributed by atoms with Crippen molar-refractivity contribution in [3.05, 3.63) is 12.2 Å². The van der Waals surface area contributed by atoms with Crippen molar-refractivity contribution in [2.45, 2.75) is 12.8 Å². The van der Waals surface area contributed by atoms with E-state index in [0.29, 0.717) is 32.5 Å². The van der Waals surface area contributed by atoms with E-state index in [1.807, 2.05) is 12.2 Å². The minimum absolute atomic E-state index is 0.0694. The van der Waals surface area contributed by atoms with Gasteiger partial charge in [0.15, 0.2) is 0 Å².